The fourth-order valence-corrected chi connectivity index (χ4v) is 3.57. The molecule has 1 aliphatic carbocycles. The average molecular weight is 306 g/mol. The Hall–Kier alpha value is -0.760. The summed E-state index contributed by atoms with van der Waals surface area (Å²) in [4.78, 5) is 3.60. The second-order valence-electron chi connectivity index (χ2n) is 5.52. The van der Waals surface area contributed by atoms with Gasteiger partial charge in [-0.25, -0.2) is 0 Å². The van der Waals surface area contributed by atoms with E-state index in [0.29, 0.717) is 0 Å². The molecular formula is C16H20BrN. The Morgan fingerprint density at radius 3 is 3.11 bits per heavy atom. The van der Waals surface area contributed by atoms with Crippen LogP contribution < -0.4 is 0 Å². The van der Waals surface area contributed by atoms with Crippen molar-refractivity contribution < 1.29 is 0 Å². The Labute approximate surface area is 117 Å². The summed E-state index contributed by atoms with van der Waals surface area (Å²) in [5.74, 6) is 0.903. The minimum Gasteiger partial charge on any atom is -0.358 e. The lowest BCUT2D eigenvalue weighted by molar-refractivity contribution is 0.412. The van der Waals surface area contributed by atoms with Crippen LogP contribution in [0.5, 0.6) is 0 Å². The van der Waals surface area contributed by atoms with E-state index in [4.69, 9.17) is 0 Å². The van der Waals surface area contributed by atoms with Gasteiger partial charge in [-0.1, -0.05) is 48.2 Å². The van der Waals surface area contributed by atoms with Crippen molar-refractivity contribution in [3.63, 3.8) is 0 Å². The number of halogens is 1. The Kier molecular flexibility index (Phi) is 3.47. The van der Waals surface area contributed by atoms with Crippen molar-refractivity contribution in [1.29, 1.82) is 0 Å². The van der Waals surface area contributed by atoms with Crippen LogP contribution in [0.25, 0.3) is 10.9 Å². The molecule has 0 saturated heterocycles. The fraction of sp³-hybridized carbons (Fsp3) is 0.500. The molecule has 0 amide bonds. The molecule has 0 saturated carbocycles. The van der Waals surface area contributed by atoms with E-state index in [1.165, 1.54) is 55.1 Å². The minimum atomic E-state index is 0.903. The smallest absolute Gasteiger partial charge is 0.0470 e. The van der Waals surface area contributed by atoms with Crippen LogP contribution >= 0.6 is 15.9 Å². The lowest BCUT2D eigenvalue weighted by atomic mass is 9.83. The molecule has 1 atom stereocenters. The highest BCUT2D eigenvalue weighted by molar-refractivity contribution is 9.10. The van der Waals surface area contributed by atoms with E-state index >= 15 is 0 Å². The van der Waals surface area contributed by atoms with Crippen molar-refractivity contribution >= 4 is 26.8 Å². The fourth-order valence-electron chi connectivity index (χ4n) is 3.21. The molecule has 0 radical (unpaired) electrons. The first-order chi connectivity index (χ1) is 8.78. The van der Waals surface area contributed by atoms with Crippen LogP contribution in [-0.4, -0.2) is 4.98 Å². The predicted molar refractivity (Wildman–Crippen MR) is 81.0 cm³/mol. The van der Waals surface area contributed by atoms with Gasteiger partial charge in [0.05, 0.1) is 0 Å². The van der Waals surface area contributed by atoms with Crippen LogP contribution in [0.4, 0.5) is 0 Å². The maximum absolute atomic E-state index is 3.60. The van der Waals surface area contributed by atoms with Crippen LogP contribution in [0.3, 0.4) is 0 Å². The first-order valence-electron chi connectivity index (χ1n) is 7.07. The topological polar surface area (TPSA) is 15.8 Å². The van der Waals surface area contributed by atoms with Crippen molar-refractivity contribution in [3.8, 4) is 0 Å². The highest BCUT2D eigenvalue weighted by Crippen LogP contribution is 2.34. The second-order valence-corrected chi connectivity index (χ2v) is 6.44. The SMILES string of the molecule is CCCCC1CCc2[nH]c3cc(Br)ccc3c2C1. The van der Waals surface area contributed by atoms with Crippen molar-refractivity contribution in [2.45, 2.75) is 45.4 Å². The van der Waals surface area contributed by atoms with Gasteiger partial charge >= 0.3 is 0 Å². The summed E-state index contributed by atoms with van der Waals surface area (Å²) in [7, 11) is 0. The van der Waals surface area contributed by atoms with Gasteiger partial charge in [-0.3, -0.25) is 0 Å². The highest BCUT2D eigenvalue weighted by atomic mass is 79.9. The van der Waals surface area contributed by atoms with Gasteiger partial charge in [0, 0.05) is 21.1 Å². The first kappa shape index (κ1) is 12.3. The lowest BCUT2D eigenvalue weighted by Gasteiger charge is -2.22. The Morgan fingerprint density at radius 1 is 1.39 bits per heavy atom. The Balaban J connectivity index is 1.92. The van der Waals surface area contributed by atoms with Gasteiger partial charge in [-0.2, -0.15) is 0 Å². The van der Waals surface area contributed by atoms with E-state index in [2.05, 4.69) is 46.0 Å². The third-order valence-electron chi connectivity index (χ3n) is 4.22. The van der Waals surface area contributed by atoms with Gasteiger partial charge in [0.25, 0.3) is 0 Å². The molecule has 1 N–H and O–H groups in total. The molecule has 0 bridgehead atoms. The zero-order chi connectivity index (χ0) is 12.5. The zero-order valence-electron chi connectivity index (χ0n) is 10.9. The molecule has 3 rings (SSSR count). The molecular weight excluding hydrogens is 286 g/mol. The molecule has 0 fully saturated rings. The summed E-state index contributed by atoms with van der Waals surface area (Å²) < 4.78 is 1.16. The number of hydrogen-bond donors (Lipinski definition) is 1. The van der Waals surface area contributed by atoms with E-state index in [9.17, 15) is 0 Å². The summed E-state index contributed by atoms with van der Waals surface area (Å²) in [5.41, 5.74) is 4.37. The molecule has 1 aromatic carbocycles. The quantitative estimate of drug-likeness (QED) is 0.799. The standard InChI is InChI=1S/C16H20BrN/c1-2-3-4-11-5-8-15-14(9-11)13-7-6-12(17)10-16(13)18-15/h6-7,10-11,18H,2-5,8-9H2,1H3. The summed E-state index contributed by atoms with van der Waals surface area (Å²) in [6, 6.07) is 6.62. The van der Waals surface area contributed by atoms with Gasteiger partial charge in [-0.15, -0.1) is 0 Å². The van der Waals surface area contributed by atoms with E-state index in [1.54, 1.807) is 5.56 Å². The van der Waals surface area contributed by atoms with E-state index in [-0.39, 0.29) is 0 Å². The van der Waals surface area contributed by atoms with Gasteiger partial charge in [0.15, 0.2) is 0 Å². The number of aromatic amines is 1. The number of benzene rings is 1. The number of fused-ring (bicyclic) bond motifs is 3. The number of aromatic nitrogens is 1. The number of H-pyrrole nitrogens is 1. The maximum Gasteiger partial charge on any atom is 0.0470 e. The largest absolute Gasteiger partial charge is 0.358 e. The molecule has 0 aliphatic heterocycles. The zero-order valence-corrected chi connectivity index (χ0v) is 12.5. The lowest BCUT2D eigenvalue weighted by Crippen LogP contribution is -2.13. The number of hydrogen-bond acceptors (Lipinski definition) is 0. The monoisotopic (exact) mass is 305 g/mol. The predicted octanol–water partition coefficient (Wildman–Crippen LogP) is 5.23. The Morgan fingerprint density at radius 2 is 2.28 bits per heavy atom. The summed E-state index contributed by atoms with van der Waals surface area (Å²) >= 11 is 3.55. The first-order valence-corrected chi connectivity index (χ1v) is 7.86. The number of aryl methyl sites for hydroxylation is 1. The van der Waals surface area contributed by atoms with Crippen LogP contribution in [0.15, 0.2) is 22.7 Å². The van der Waals surface area contributed by atoms with Crippen LogP contribution in [0, 0.1) is 5.92 Å². The normalized spacial score (nSPS) is 19.1. The average Bonchev–Trinajstić information content (AvgIpc) is 2.72. The van der Waals surface area contributed by atoms with Crippen molar-refractivity contribution in [1.82, 2.24) is 4.98 Å². The molecule has 0 spiro atoms. The molecule has 1 heterocycles. The van der Waals surface area contributed by atoms with Crippen molar-refractivity contribution in [2.75, 3.05) is 0 Å². The molecule has 1 unspecified atom stereocenters. The molecule has 96 valence electrons. The van der Waals surface area contributed by atoms with Crippen molar-refractivity contribution in [3.05, 3.63) is 33.9 Å². The van der Waals surface area contributed by atoms with Gasteiger partial charge in [0.1, 0.15) is 0 Å². The third kappa shape index (κ3) is 2.23. The number of rotatable bonds is 3. The van der Waals surface area contributed by atoms with Crippen LogP contribution in [-0.2, 0) is 12.8 Å². The molecule has 18 heavy (non-hydrogen) atoms. The van der Waals surface area contributed by atoms with E-state index in [1.807, 2.05) is 0 Å². The van der Waals surface area contributed by atoms with Gasteiger partial charge < -0.3 is 4.98 Å². The molecule has 2 heteroatoms. The highest BCUT2D eigenvalue weighted by Gasteiger charge is 2.21. The van der Waals surface area contributed by atoms with E-state index < -0.39 is 0 Å². The number of nitrogens with one attached hydrogen (secondary N) is 1. The molecule has 1 aromatic heterocycles. The van der Waals surface area contributed by atoms with Crippen LogP contribution in [0.1, 0.15) is 43.9 Å². The van der Waals surface area contributed by atoms with Gasteiger partial charge in [-0.05, 0) is 42.9 Å². The van der Waals surface area contributed by atoms with Gasteiger partial charge in [0.2, 0.25) is 0 Å². The molecule has 1 nitrogen and oxygen atoms in total. The maximum atomic E-state index is 3.60. The van der Waals surface area contributed by atoms with Crippen LogP contribution in [0.2, 0.25) is 0 Å². The second kappa shape index (κ2) is 5.08. The summed E-state index contributed by atoms with van der Waals surface area (Å²) in [6.07, 6.45) is 7.98. The summed E-state index contributed by atoms with van der Waals surface area (Å²) in [6.45, 7) is 2.29. The van der Waals surface area contributed by atoms with Crippen molar-refractivity contribution in [2.24, 2.45) is 5.92 Å². The summed E-state index contributed by atoms with van der Waals surface area (Å²) in [5, 5.41) is 1.44. The van der Waals surface area contributed by atoms with E-state index in [0.717, 1.165) is 10.4 Å². The minimum absolute atomic E-state index is 0.903. The molecule has 2 aromatic rings. The molecule has 1 aliphatic rings. The third-order valence-corrected chi connectivity index (χ3v) is 4.71. The number of unbranched alkanes of at least 4 members (excludes halogenated alkanes) is 1. The Bertz CT molecular complexity index is 555.